The molecular weight excluding hydrogens is 345 g/mol. The van der Waals surface area contributed by atoms with E-state index in [-0.39, 0.29) is 31.0 Å². The number of nitrogens with one attached hydrogen (secondary N) is 1. The molecule has 134 valence electrons. The van der Waals surface area contributed by atoms with Crippen LogP contribution in [0.1, 0.15) is 5.56 Å². The van der Waals surface area contributed by atoms with Gasteiger partial charge in [-0.25, -0.2) is 4.39 Å². The first kappa shape index (κ1) is 17.0. The van der Waals surface area contributed by atoms with Gasteiger partial charge in [-0.05, 0) is 22.6 Å². The van der Waals surface area contributed by atoms with Crippen molar-refractivity contribution in [1.29, 1.82) is 0 Å². The number of ether oxygens (including phenoxy) is 2. The molecule has 0 saturated heterocycles. The van der Waals surface area contributed by atoms with Gasteiger partial charge in [-0.3, -0.25) is 4.57 Å². The zero-order valence-corrected chi connectivity index (χ0v) is 12.7. The predicted molar refractivity (Wildman–Crippen MR) is 78.0 cm³/mol. The first-order valence-electron chi connectivity index (χ1n) is 7.23. The lowest BCUT2D eigenvalue weighted by molar-refractivity contribution is -0.389. The van der Waals surface area contributed by atoms with Gasteiger partial charge in [0.25, 0.3) is 0 Å². The van der Waals surface area contributed by atoms with Crippen LogP contribution in [0.5, 0.6) is 11.8 Å². The molecule has 0 spiro atoms. The molecule has 1 aliphatic rings. The molecule has 25 heavy (non-hydrogen) atoms. The average Bonchev–Trinajstić information content (AvgIpc) is 2.98. The maximum absolute atomic E-state index is 13.7. The number of hydrogen-bond donors (Lipinski definition) is 1. The van der Waals surface area contributed by atoms with Crippen molar-refractivity contribution in [2.75, 3.05) is 6.61 Å². The summed E-state index contributed by atoms with van der Waals surface area (Å²) < 4.78 is 48.8. The minimum Gasteiger partial charge on any atom is -0.444 e. The van der Waals surface area contributed by atoms with Gasteiger partial charge in [0.15, 0.2) is 11.6 Å². The Hall–Kier alpha value is -2.82. The number of benzene rings is 1. The van der Waals surface area contributed by atoms with Gasteiger partial charge in [0.05, 0.1) is 6.04 Å². The maximum atomic E-state index is 13.7. The van der Waals surface area contributed by atoms with Crippen LogP contribution in [0.3, 0.4) is 0 Å². The van der Waals surface area contributed by atoms with Gasteiger partial charge in [-0.15, -0.1) is 0 Å². The van der Waals surface area contributed by atoms with Gasteiger partial charge in [0.1, 0.15) is 12.8 Å². The van der Waals surface area contributed by atoms with E-state index in [9.17, 15) is 23.3 Å². The van der Waals surface area contributed by atoms with Gasteiger partial charge in [-0.2, -0.15) is 8.78 Å². The fraction of sp³-hybridized carbons (Fsp3) is 0.357. The normalized spacial score (nSPS) is 16.4. The molecule has 3 rings (SSSR count). The highest BCUT2D eigenvalue weighted by Gasteiger charge is 2.27. The van der Waals surface area contributed by atoms with Crippen LogP contribution >= 0.6 is 0 Å². The van der Waals surface area contributed by atoms with E-state index in [1.807, 2.05) is 0 Å². The smallest absolute Gasteiger partial charge is 0.414 e. The Labute approximate surface area is 139 Å². The molecule has 0 saturated carbocycles. The molecule has 0 aliphatic carbocycles. The van der Waals surface area contributed by atoms with Crippen molar-refractivity contribution in [2.24, 2.45) is 0 Å². The van der Waals surface area contributed by atoms with E-state index in [0.29, 0.717) is 12.1 Å². The van der Waals surface area contributed by atoms with Gasteiger partial charge >= 0.3 is 18.4 Å². The zero-order valence-electron chi connectivity index (χ0n) is 12.7. The van der Waals surface area contributed by atoms with Crippen LogP contribution in [-0.4, -0.2) is 33.7 Å². The Kier molecular flexibility index (Phi) is 4.74. The highest BCUT2D eigenvalue weighted by Crippen LogP contribution is 2.22. The lowest BCUT2D eigenvalue weighted by Crippen LogP contribution is -2.41. The number of alkyl halides is 2. The molecule has 0 radical (unpaired) electrons. The van der Waals surface area contributed by atoms with Crippen LogP contribution in [0.4, 0.5) is 19.0 Å². The predicted octanol–water partition coefficient (Wildman–Crippen LogP) is 2.08. The number of halogens is 3. The van der Waals surface area contributed by atoms with E-state index in [1.165, 1.54) is 16.8 Å². The summed E-state index contributed by atoms with van der Waals surface area (Å²) in [6.45, 7) is -2.20. The molecule has 2 aromatic rings. The van der Waals surface area contributed by atoms with E-state index >= 15 is 0 Å². The first-order valence-corrected chi connectivity index (χ1v) is 7.23. The van der Waals surface area contributed by atoms with Gasteiger partial charge in [0, 0.05) is 18.1 Å². The third-order valence-corrected chi connectivity index (χ3v) is 3.55. The monoisotopic (exact) mass is 358 g/mol. The SMILES string of the molecule is O=[N+]([O-])c1cn2c(n1)OC[C@@H](NCc1ccc(OC(F)F)c(F)c1)C2. The highest BCUT2D eigenvalue weighted by molar-refractivity contribution is 5.29. The minimum atomic E-state index is -3.09. The third-order valence-electron chi connectivity index (χ3n) is 3.55. The Morgan fingerprint density at radius 1 is 1.52 bits per heavy atom. The quantitative estimate of drug-likeness (QED) is 0.628. The van der Waals surface area contributed by atoms with Crippen LogP contribution in [0.25, 0.3) is 0 Å². The third kappa shape index (κ3) is 3.99. The largest absolute Gasteiger partial charge is 0.444 e. The number of hydrogen-bond acceptors (Lipinski definition) is 6. The number of nitro groups is 1. The Morgan fingerprint density at radius 2 is 2.32 bits per heavy atom. The maximum Gasteiger partial charge on any atom is 0.414 e. The summed E-state index contributed by atoms with van der Waals surface area (Å²) in [5, 5.41) is 13.8. The summed E-state index contributed by atoms with van der Waals surface area (Å²) >= 11 is 0. The molecule has 11 heteroatoms. The van der Waals surface area contributed by atoms with E-state index < -0.39 is 23.1 Å². The highest BCUT2D eigenvalue weighted by atomic mass is 19.3. The molecule has 0 fully saturated rings. The van der Waals surface area contributed by atoms with Crippen molar-refractivity contribution >= 4 is 5.82 Å². The number of nitrogens with zero attached hydrogens (tertiary/aromatic N) is 3. The van der Waals surface area contributed by atoms with Crippen LogP contribution in [0, 0.1) is 15.9 Å². The fourth-order valence-electron chi connectivity index (χ4n) is 2.42. The van der Waals surface area contributed by atoms with Gasteiger partial charge in [-0.1, -0.05) is 6.07 Å². The van der Waals surface area contributed by atoms with Crippen LogP contribution in [0.15, 0.2) is 24.4 Å². The minimum absolute atomic E-state index is 0.171. The van der Waals surface area contributed by atoms with Gasteiger partial charge in [0.2, 0.25) is 0 Å². The molecule has 2 heterocycles. The first-order chi connectivity index (χ1) is 11.9. The molecular formula is C14H13F3N4O4. The summed E-state index contributed by atoms with van der Waals surface area (Å²) in [4.78, 5) is 13.8. The Balaban J connectivity index is 1.59. The van der Waals surface area contributed by atoms with Crippen molar-refractivity contribution in [2.45, 2.75) is 25.7 Å². The number of fused-ring (bicyclic) bond motifs is 1. The second-order valence-corrected chi connectivity index (χ2v) is 5.32. The van der Waals surface area contributed by atoms with Crippen molar-refractivity contribution in [1.82, 2.24) is 14.9 Å². The van der Waals surface area contributed by atoms with E-state index in [1.54, 1.807) is 0 Å². The van der Waals surface area contributed by atoms with Crippen LogP contribution in [-0.2, 0) is 13.1 Å². The Bertz CT molecular complexity index is 783. The lowest BCUT2D eigenvalue weighted by Gasteiger charge is -2.23. The topological polar surface area (TPSA) is 91.5 Å². The standard InChI is InChI=1S/C14H13F3N4O4/c15-10-3-8(1-2-11(10)25-13(16)17)4-18-9-5-20-6-12(21(22)23)19-14(20)24-7-9/h1-3,6,9,13,18H,4-5,7H2/t9-/m0/s1. The van der Waals surface area contributed by atoms with Gasteiger partial charge < -0.3 is 24.9 Å². The van der Waals surface area contributed by atoms with Crippen molar-refractivity contribution in [3.8, 4) is 11.8 Å². The molecule has 1 aliphatic heterocycles. The molecule has 8 nitrogen and oxygen atoms in total. The van der Waals surface area contributed by atoms with E-state index in [0.717, 1.165) is 12.1 Å². The van der Waals surface area contributed by atoms with E-state index in [4.69, 9.17) is 4.74 Å². The summed E-state index contributed by atoms with van der Waals surface area (Å²) in [6, 6.07) is 3.69. The second kappa shape index (κ2) is 6.97. The lowest BCUT2D eigenvalue weighted by atomic mass is 10.2. The van der Waals surface area contributed by atoms with Crippen molar-refractivity contribution in [3.63, 3.8) is 0 Å². The second-order valence-electron chi connectivity index (χ2n) is 5.32. The molecule has 1 aromatic carbocycles. The zero-order chi connectivity index (χ0) is 18.0. The summed E-state index contributed by atoms with van der Waals surface area (Å²) in [5.74, 6) is -1.70. The number of rotatable bonds is 6. The van der Waals surface area contributed by atoms with Crippen LogP contribution < -0.4 is 14.8 Å². The molecule has 0 unspecified atom stereocenters. The fourth-order valence-corrected chi connectivity index (χ4v) is 2.42. The molecule has 0 bridgehead atoms. The van der Waals surface area contributed by atoms with Crippen molar-refractivity contribution in [3.05, 3.63) is 45.9 Å². The average molecular weight is 358 g/mol. The van der Waals surface area contributed by atoms with Crippen molar-refractivity contribution < 1.29 is 27.6 Å². The van der Waals surface area contributed by atoms with E-state index in [2.05, 4.69) is 15.0 Å². The molecule has 1 aromatic heterocycles. The molecule has 0 amide bonds. The Morgan fingerprint density at radius 3 is 3.00 bits per heavy atom. The number of aromatic nitrogens is 2. The number of imidazole rings is 1. The van der Waals surface area contributed by atoms with Crippen LogP contribution in [0.2, 0.25) is 0 Å². The molecule has 1 N–H and O–H groups in total. The summed E-state index contributed by atoms with van der Waals surface area (Å²) in [7, 11) is 0. The summed E-state index contributed by atoms with van der Waals surface area (Å²) in [6.07, 6.45) is 1.28. The molecule has 1 atom stereocenters. The summed E-state index contributed by atoms with van der Waals surface area (Å²) in [5.41, 5.74) is 0.529.